The molecule has 1 aromatic rings. The molecule has 82 valence electrons. The van der Waals surface area contributed by atoms with Gasteiger partial charge in [-0.15, -0.1) is 0 Å². The first kappa shape index (κ1) is 11.4. The Morgan fingerprint density at radius 2 is 1.87 bits per heavy atom. The number of rotatable bonds is 5. The van der Waals surface area contributed by atoms with Crippen LogP contribution in [0.4, 0.5) is 4.79 Å². The fourth-order valence-corrected chi connectivity index (χ4v) is 1.31. The van der Waals surface area contributed by atoms with Crippen LogP contribution in [0.3, 0.4) is 0 Å². The van der Waals surface area contributed by atoms with Gasteiger partial charge in [-0.25, -0.2) is 4.79 Å². The maximum absolute atomic E-state index is 10.1. The SMILES string of the molecule is O=C(O)NCCCCc1ccc(O)cc1. The van der Waals surface area contributed by atoms with Crippen LogP contribution in [-0.2, 0) is 6.42 Å². The Kier molecular flexibility index (Phi) is 4.47. The van der Waals surface area contributed by atoms with E-state index in [0.29, 0.717) is 6.54 Å². The van der Waals surface area contributed by atoms with Crippen molar-refractivity contribution >= 4 is 6.09 Å². The first-order valence-electron chi connectivity index (χ1n) is 4.93. The molecule has 0 saturated heterocycles. The molecule has 0 fully saturated rings. The number of amides is 1. The molecule has 4 nitrogen and oxygen atoms in total. The summed E-state index contributed by atoms with van der Waals surface area (Å²) >= 11 is 0. The molecule has 4 heteroatoms. The molecular formula is C11H15NO3. The van der Waals surface area contributed by atoms with Crippen LogP contribution >= 0.6 is 0 Å². The molecule has 0 radical (unpaired) electrons. The minimum atomic E-state index is -0.973. The van der Waals surface area contributed by atoms with E-state index in [1.165, 1.54) is 0 Å². The van der Waals surface area contributed by atoms with Crippen molar-refractivity contribution in [1.29, 1.82) is 0 Å². The number of benzene rings is 1. The van der Waals surface area contributed by atoms with Gasteiger partial charge in [0.25, 0.3) is 0 Å². The Labute approximate surface area is 88.6 Å². The predicted octanol–water partition coefficient (Wildman–Crippen LogP) is 1.98. The Hall–Kier alpha value is -1.71. The van der Waals surface area contributed by atoms with Gasteiger partial charge >= 0.3 is 6.09 Å². The Morgan fingerprint density at radius 3 is 2.47 bits per heavy atom. The van der Waals surface area contributed by atoms with Crippen LogP contribution in [0.5, 0.6) is 5.75 Å². The van der Waals surface area contributed by atoms with E-state index < -0.39 is 6.09 Å². The summed E-state index contributed by atoms with van der Waals surface area (Å²) in [6.45, 7) is 0.493. The normalized spacial score (nSPS) is 9.87. The number of hydrogen-bond donors (Lipinski definition) is 3. The molecule has 0 aliphatic rings. The van der Waals surface area contributed by atoms with E-state index in [9.17, 15) is 4.79 Å². The topological polar surface area (TPSA) is 69.6 Å². The van der Waals surface area contributed by atoms with E-state index in [1.807, 2.05) is 12.1 Å². The van der Waals surface area contributed by atoms with Crippen LogP contribution in [0, 0.1) is 0 Å². The Balaban J connectivity index is 2.15. The van der Waals surface area contributed by atoms with Crippen molar-refractivity contribution in [3.63, 3.8) is 0 Å². The second-order valence-corrected chi connectivity index (χ2v) is 3.36. The van der Waals surface area contributed by atoms with Gasteiger partial charge < -0.3 is 15.5 Å². The number of hydrogen-bond acceptors (Lipinski definition) is 2. The first-order valence-corrected chi connectivity index (χ1v) is 4.93. The van der Waals surface area contributed by atoms with E-state index in [2.05, 4.69) is 5.32 Å². The molecule has 0 atom stereocenters. The van der Waals surface area contributed by atoms with Gasteiger partial charge in [-0.1, -0.05) is 12.1 Å². The zero-order chi connectivity index (χ0) is 11.1. The van der Waals surface area contributed by atoms with Gasteiger partial charge in [-0.3, -0.25) is 0 Å². The van der Waals surface area contributed by atoms with Crippen LogP contribution in [-0.4, -0.2) is 22.9 Å². The summed E-state index contributed by atoms with van der Waals surface area (Å²) in [5.74, 6) is 0.270. The van der Waals surface area contributed by atoms with E-state index in [-0.39, 0.29) is 5.75 Å². The van der Waals surface area contributed by atoms with Gasteiger partial charge in [0.2, 0.25) is 0 Å². The molecule has 0 aliphatic heterocycles. The number of aromatic hydroxyl groups is 1. The number of nitrogens with one attached hydrogen (secondary N) is 1. The fourth-order valence-electron chi connectivity index (χ4n) is 1.31. The molecule has 3 N–H and O–H groups in total. The lowest BCUT2D eigenvalue weighted by molar-refractivity contribution is 0.194. The van der Waals surface area contributed by atoms with E-state index >= 15 is 0 Å². The Bertz CT molecular complexity index is 308. The first-order chi connectivity index (χ1) is 7.18. The maximum atomic E-state index is 10.1. The Morgan fingerprint density at radius 1 is 1.20 bits per heavy atom. The number of unbranched alkanes of at least 4 members (excludes halogenated alkanes) is 1. The standard InChI is InChI=1S/C11H15NO3/c13-10-6-4-9(5-7-10)3-1-2-8-12-11(14)15/h4-7,12-13H,1-3,8H2,(H,14,15). The summed E-state index contributed by atoms with van der Waals surface area (Å²) in [4.78, 5) is 10.1. The molecule has 0 unspecified atom stereocenters. The van der Waals surface area contributed by atoms with Gasteiger partial charge in [0.15, 0.2) is 0 Å². The molecule has 15 heavy (non-hydrogen) atoms. The number of carboxylic acid groups (broad SMARTS) is 1. The average molecular weight is 209 g/mol. The van der Waals surface area contributed by atoms with E-state index in [4.69, 9.17) is 10.2 Å². The quantitative estimate of drug-likeness (QED) is 0.649. The zero-order valence-corrected chi connectivity index (χ0v) is 8.44. The number of phenolic OH excluding ortho intramolecular Hbond substituents is 1. The lowest BCUT2D eigenvalue weighted by Crippen LogP contribution is -2.21. The molecular weight excluding hydrogens is 194 g/mol. The van der Waals surface area contributed by atoms with Crippen molar-refractivity contribution < 1.29 is 15.0 Å². The summed E-state index contributed by atoms with van der Waals surface area (Å²) in [6.07, 6.45) is 1.69. The highest BCUT2D eigenvalue weighted by atomic mass is 16.4. The van der Waals surface area contributed by atoms with Crippen molar-refractivity contribution in [3.05, 3.63) is 29.8 Å². The molecule has 1 aromatic carbocycles. The molecule has 0 heterocycles. The van der Waals surface area contributed by atoms with Crippen LogP contribution in [0.1, 0.15) is 18.4 Å². The van der Waals surface area contributed by atoms with Gasteiger partial charge in [-0.2, -0.15) is 0 Å². The third-order valence-electron chi connectivity index (χ3n) is 2.10. The highest BCUT2D eigenvalue weighted by Gasteiger charge is 1.95. The summed E-state index contributed by atoms with van der Waals surface area (Å²) in [5, 5.41) is 19.7. The number of phenols is 1. The van der Waals surface area contributed by atoms with Crippen LogP contribution in [0.2, 0.25) is 0 Å². The highest BCUT2D eigenvalue weighted by Crippen LogP contribution is 2.11. The summed E-state index contributed by atoms with van der Waals surface area (Å²) in [6, 6.07) is 7.07. The van der Waals surface area contributed by atoms with Crippen molar-refractivity contribution in [2.75, 3.05) is 6.54 Å². The minimum absolute atomic E-state index is 0.270. The molecule has 0 aliphatic carbocycles. The maximum Gasteiger partial charge on any atom is 0.404 e. The van der Waals surface area contributed by atoms with E-state index in [0.717, 1.165) is 24.8 Å². The second-order valence-electron chi connectivity index (χ2n) is 3.36. The second kappa shape index (κ2) is 5.90. The molecule has 1 amide bonds. The van der Waals surface area contributed by atoms with Crippen molar-refractivity contribution in [2.45, 2.75) is 19.3 Å². The van der Waals surface area contributed by atoms with Crippen molar-refractivity contribution in [1.82, 2.24) is 5.32 Å². The average Bonchev–Trinajstić information content (AvgIpc) is 2.20. The van der Waals surface area contributed by atoms with Crippen LogP contribution in [0.25, 0.3) is 0 Å². The van der Waals surface area contributed by atoms with Gasteiger partial charge in [0.05, 0.1) is 0 Å². The highest BCUT2D eigenvalue weighted by molar-refractivity contribution is 5.64. The van der Waals surface area contributed by atoms with Crippen molar-refractivity contribution in [3.8, 4) is 5.75 Å². The summed E-state index contributed by atoms with van der Waals surface area (Å²) in [5.41, 5.74) is 1.16. The fraction of sp³-hybridized carbons (Fsp3) is 0.364. The predicted molar refractivity (Wildman–Crippen MR) is 57.1 cm³/mol. The molecule has 0 bridgehead atoms. The molecule has 0 saturated carbocycles. The van der Waals surface area contributed by atoms with Gasteiger partial charge in [0.1, 0.15) is 5.75 Å². The zero-order valence-electron chi connectivity index (χ0n) is 8.44. The lowest BCUT2D eigenvalue weighted by Gasteiger charge is -2.02. The summed E-state index contributed by atoms with van der Waals surface area (Å²) in [7, 11) is 0. The minimum Gasteiger partial charge on any atom is -0.508 e. The number of carbonyl (C=O) groups is 1. The van der Waals surface area contributed by atoms with Gasteiger partial charge in [-0.05, 0) is 37.0 Å². The third-order valence-corrected chi connectivity index (χ3v) is 2.10. The molecule has 1 rings (SSSR count). The summed E-state index contributed by atoms with van der Waals surface area (Å²) < 4.78 is 0. The van der Waals surface area contributed by atoms with Crippen LogP contribution in [0.15, 0.2) is 24.3 Å². The third kappa shape index (κ3) is 4.90. The van der Waals surface area contributed by atoms with Gasteiger partial charge in [0, 0.05) is 6.54 Å². The van der Waals surface area contributed by atoms with Crippen molar-refractivity contribution in [2.24, 2.45) is 0 Å². The molecule has 0 spiro atoms. The van der Waals surface area contributed by atoms with Crippen LogP contribution < -0.4 is 5.32 Å². The lowest BCUT2D eigenvalue weighted by atomic mass is 10.1. The molecule has 0 aromatic heterocycles. The smallest absolute Gasteiger partial charge is 0.404 e. The van der Waals surface area contributed by atoms with E-state index in [1.54, 1.807) is 12.1 Å². The number of aryl methyl sites for hydroxylation is 1. The monoisotopic (exact) mass is 209 g/mol. The largest absolute Gasteiger partial charge is 0.508 e.